The molecule has 2 heterocycles. The fraction of sp³-hybridized carbons (Fsp3) is 0.682. The Bertz CT molecular complexity index is 682. The van der Waals surface area contributed by atoms with E-state index in [1.165, 1.54) is 63.0 Å². The molecule has 2 aliphatic carbocycles. The lowest BCUT2D eigenvalue weighted by molar-refractivity contribution is 0.243. The topological polar surface area (TPSA) is 15.6 Å². The van der Waals surface area contributed by atoms with Gasteiger partial charge in [0.1, 0.15) is 5.84 Å². The fourth-order valence-electron chi connectivity index (χ4n) is 6.36. The average Bonchev–Trinajstić information content (AvgIpc) is 3.30. The molecule has 5 atom stereocenters. The molecular weight excluding hydrogens is 328 g/mol. The molecule has 5 rings (SSSR count). The summed E-state index contributed by atoms with van der Waals surface area (Å²) in [5.74, 6) is 4.51. The van der Waals surface area contributed by atoms with Crippen LogP contribution in [0.4, 0.5) is 0 Å². The molecule has 3 heteroatoms. The summed E-state index contributed by atoms with van der Waals surface area (Å²) in [4.78, 5) is 8.17. The van der Waals surface area contributed by atoms with Crippen LogP contribution in [0.2, 0.25) is 5.02 Å². The lowest BCUT2D eigenvalue weighted by Crippen LogP contribution is -2.38. The molecule has 2 aliphatic heterocycles. The predicted octanol–water partition coefficient (Wildman–Crippen LogP) is 5.52. The number of piperidine rings is 1. The van der Waals surface area contributed by atoms with Crippen LogP contribution in [0.1, 0.15) is 63.4 Å². The zero-order chi connectivity index (χ0) is 17.0. The predicted molar refractivity (Wildman–Crippen MR) is 104 cm³/mol. The Morgan fingerprint density at radius 1 is 1.16 bits per heavy atom. The molecule has 1 aromatic rings. The van der Waals surface area contributed by atoms with Gasteiger partial charge in [0.25, 0.3) is 0 Å². The monoisotopic (exact) mass is 356 g/mol. The summed E-state index contributed by atoms with van der Waals surface area (Å²) >= 11 is 6.16. The minimum absolute atomic E-state index is 0.187. The number of fused-ring (bicyclic) bond motifs is 3. The largest absolute Gasteiger partial charge is 0.360 e. The minimum atomic E-state index is 0.187. The van der Waals surface area contributed by atoms with Gasteiger partial charge >= 0.3 is 0 Å². The Morgan fingerprint density at radius 3 is 2.68 bits per heavy atom. The summed E-state index contributed by atoms with van der Waals surface area (Å²) in [5.41, 5.74) is 1.65. The van der Waals surface area contributed by atoms with Crippen molar-refractivity contribution in [2.24, 2.45) is 22.7 Å². The third kappa shape index (κ3) is 2.63. The number of halogens is 1. The van der Waals surface area contributed by atoms with Crippen molar-refractivity contribution in [1.29, 1.82) is 0 Å². The highest BCUT2D eigenvalue weighted by Gasteiger charge is 2.58. The molecule has 134 valence electrons. The maximum absolute atomic E-state index is 6.16. The first-order valence-electron chi connectivity index (χ1n) is 10.2. The van der Waals surface area contributed by atoms with E-state index in [1.54, 1.807) is 0 Å². The zero-order valence-electron chi connectivity index (χ0n) is 15.3. The van der Waals surface area contributed by atoms with Gasteiger partial charge in [-0.05, 0) is 74.0 Å². The molecule has 2 saturated carbocycles. The summed E-state index contributed by atoms with van der Waals surface area (Å²) in [7, 11) is 0. The van der Waals surface area contributed by atoms with Crippen LogP contribution in [-0.2, 0) is 0 Å². The van der Waals surface area contributed by atoms with Crippen LogP contribution in [0.3, 0.4) is 0 Å². The van der Waals surface area contributed by atoms with Crippen molar-refractivity contribution in [2.75, 3.05) is 13.1 Å². The molecule has 1 saturated heterocycles. The molecule has 2 bridgehead atoms. The normalized spacial score (nSPS) is 40.1. The van der Waals surface area contributed by atoms with Crippen LogP contribution in [0.25, 0.3) is 0 Å². The van der Waals surface area contributed by atoms with Crippen LogP contribution in [0, 0.1) is 17.8 Å². The van der Waals surface area contributed by atoms with Gasteiger partial charge in [-0.1, -0.05) is 30.7 Å². The molecule has 5 unspecified atom stereocenters. The van der Waals surface area contributed by atoms with Crippen molar-refractivity contribution in [3.05, 3.63) is 34.9 Å². The Labute approximate surface area is 156 Å². The van der Waals surface area contributed by atoms with Gasteiger partial charge in [-0.25, -0.2) is 0 Å². The second kappa shape index (κ2) is 6.01. The first kappa shape index (κ1) is 16.2. The van der Waals surface area contributed by atoms with E-state index in [-0.39, 0.29) is 5.54 Å². The second-order valence-electron chi connectivity index (χ2n) is 9.10. The molecule has 0 N–H and O–H groups in total. The van der Waals surface area contributed by atoms with E-state index in [0.717, 1.165) is 29.2 Å². The van der Waals surface area contributed by atoms with Gasteiger partial charge in [-0.15, -0.1) is 0 Å². The van der Waals surface area contributed by atoms with E-state index < -0.39 is 0 Å². The Hall–Kier alpha value is -1.02. The van der Waals surface area contributed by atoms with Gasteiger partial charge < -0.3 is 4.90 Å². The SMILES string of the molecule is CC1CCCN(C2=NC3(CC4CCC3C4)C(c3ccc(Cl)cc3)C2)C1. The van der Waals surface area contributed by atoms with E-state index in [0.29, 0.717) is 5.92 Å². The fourth-order valence-corrected chi connectivity index (χ4v) is 6.48. The summed E-state index contributed by atoms with van der Waals surface area (Å²) in [6.07, 6.45) is 9.39. The van der Waals surface area contributed by atoms with Crippen LogP contribution < -0.4 is 0 Å². The Morgan fingerprint density at radius 2 is 2.00 bits per heavy atom. The standard InChI is InChI=1S/C22H29ClN2/c1-15-3-2-10-25(14-15)21-12-20(17-5-8-19(23)9-6-17)22(24-21)13-16-4-7-18(22)11-16/h5-6,8-9,15-16,18,20H,2-4,7,10-14H2,1H3. The maximum atomic E-state index is 6.16. The van der Waals surface area contributed by atoms with E-state index >= 15 is 0 Å². The highest BCUT2D eigenvalue weighted by molar-refractivity contribution is 6.30. The number of hydrogen-bond donors (Lipinski definition) is 0. The molecule has 4 aliphatic rings. The van der Waals surface area contributed by atoms with E-state index in [9.17, 15) is 0 Å². The first-order chi connectivity index (χ1) is 12.1. The number of benzene rings is 1. The average molecular weight is 357 g/mol. The molecular formula is C22H29ClN2. The Balaban J connectivity index is 1.50. The van der Waals surface area contributed by atoms with Gasteiger partial charge in [0.05, 0.1) is 5.54 Å². The quantitative estimate of drug-likeness (QED) is 0.647. The molecule has 0 amide bonds. The molecule has 1 spiro atoms. The lowest BCUT2D eigenvalue weighted by Gasteiger charge is -2.37. The first-order valence-corrected chi connectivity index (χ1v) is 10.6. The number of rotatable bonds is 1. The lowest BCUT2D eigenvalue weighted by atomic mass is 9.70. The summed E-state index contributed by atoms with van der Waals surface area (Å²) in [6, 6.07) is 8.66. The van der Waals surface area contributed by atoms with Gasteiger partial charge in [-0.2, -0.15) is 0 Å². The van der Waals surface area contributed by atoms with Gasteiger partial charge in [0.2, 0.25) is 0 Å². The molecule has 1 aromatic carbocycles. The highest BCUT2D eigenvalue weighted by atomic mass is 35.5. The van der Waals surface area contributed by atoms with Gasteiger partial charge in [-0.3, -0.25) is 4.99 Å². The van der Waals surface area contributed by atoms with E-state index in [1.807, 2.05) is 0 Å². The molecule has 3 fully saturated rings. The summed E-state index contributed by atoms with van der Waals surface area (Å²) in [6.45, 7) is 4.81. The highest BCUT2D eigenvalue weighted by Crippen LogP contribution is 2.61. The number of likely N-dealkylation sites (tertiary alicyclic amines) is 1. The smallest absolute Gasteiger partial charge is 0.100 e. The minimum Gasteiger partial charge on any atom is -0.360 e. The van der Waals surface area contributed by atoms with E-state index in [4.69, 9.17) is 16.6 Å². The van der Waals surface area contributed by atoms with Crippen molar-refractivity contribution in [2.45, 2.75) is 63.3 Å². The zero-order valence-corrected chi connectivity index (χ0v) is 16.0. The third-order valence-corrected chi connectivity index (χ3v) is 7.74. The molecule has 2 nitrogen and oxygen atoms in total. The van der Waals surface area contributed by atoms with Crippen LogP contribution in [0.5, 0.6) is 0 Å². The van der Waals surface area contributed by atoms with Gasteiger partial charge in [0, 0.05) is 30.5 Å². The molecule has 25 heavy (non-hydrogen) atoms. The maximum Gasteiger partial charge on any atom is 0.100 e. The van der Waals surface area contributed by atoms with Crippen molar-refractivity contribution in [1.82, 2.24) is 4.90 Å². The van der Waals surface area contributed by atoms with Crippen molar-refractivity contribution >= 4 is 17.4 Å². The Kier molecular flexibility index (Phi) is 3.89. The van der Waals surface area contributed by atoms with Crippen LogP contribution in [-0.4, -0.2) is 29.4 Å². The second-order valence-corrected chi connectivity index (χ2v) is 9.54. The van der Waals surface area contributed by atoms with Crippen LogP contribution >= 0.6 is 11.6 Å². The van der Waals surface area contributed by atoms with E-state index in [2.05, 4.69) is 36.1 Å². The van der Waals surface area contributed by atoms with Crippen molar-refractivity contribution in [3.63, 3.8) is 0 Å². The number of nitrogens with zero attached hydrogens (tertiary/aromatic N) is 2. The van der Waals surface area contributed by atoms with Crippen LogP contribution in [0.15, 0.2) is 29.3 Å². The number of aliphatic imine (C=N–C) groups is 1. The number of hydrogen-bond acceptors (Lipinski definition) is 2. The third-order valence-electron chi connectivity index (χ3n) is 7.49. The summed E-state index contributed by atoms with van der Waals surface area (Å²) in [5, 5.41) is 0.842. The molecule has 0 radical (unpaired) electrons. The van der Waals surface area contributed by atoms with Crippen molar-refractivity contribution in [3.8, 4) is 0 Å². The van der Waals surface area contributed by atoms with Gasteiger partial charge in [0.15, 0.2) is 0 Å². The summed E-state index contributed by atoms with van der Waals surface area (Å²) < 4.78 is 0. The number of amidine groups is 1. The molecule has 0 aromatic heterocycles. The van der Waals surface area contributed by atoms with Crippen molar-refractivity contribution < 1.29 is 0 Å².